The lowest BCUT2D eigenvalue weighted by Gasteiger charge is -2.42. The second-order valence-corrected chi connectivity index (χ2v) is 3.50. The van der Waals surface area contributed by atoms with Crippen molar-refractivity contribution in [1.82, 2.24) is 4.90 Å². The first-order valence-electron chi connectivity index (χ1n) is 4.61. The Morgan fingerprint density at radius 1 is 1.46 bits per heavy atom. The van der Waals surface area contributed by atoms with Crippen LogP contribution in [0.15, 0.2) is 24.3 Å². The van der Waals surface area contributed by atoms with Gasteiger partial charge in [0.05, 0.1) is 0 Å². The van der Waals surface area contributed by atoms with Crippen LogP contribution in [-0.4, -0.2) is 34.6 Å². The molecule has 2 rings (SSSR count). The molecule has 0 aromatic heterocycles. The Morgan fingerprint density at radius 2 is 2.31 bits per heavy atom. The molecule has 0 amide bonds. The molecule has 13 heavy (non-hydrogen) atoms. The standard InChI is InChI=1S/C10H13NO2/c12-10(13)9-6-7-11(9)8-4-2-1-3-5-8/h1-4,8-9H,5-7H2,(H,12,13)/t8-,9+/m0/s1. The van der Waals surface area contributed by atoms with Crippen LogP contribution in [0, 0.1) is 0 Å². The zero-order valence-corrected chi connectivity index (χ0v) is 7.39. The van der Waals surface area contributed by atoms with Crippen LogP contribution in [-0.2, 0) is 4.79 Å². The van der Waals surface area contributed by atoms with Crippen LogP contribution in [0.25, 0.3) is 0 Å². The maximum Gasteiger partial charge on any atom is 0.320 e. The van der Waals surface area contributed by atoms with Gasteiger partial charge in [-0.15, -0.1) is 0 Å². The second-order valence-electron chi connectivity index (χ2n) is 3.50. The highest BCUT2D eigenvalue weighted by molar-refractivity contribution is 5.74. The van der Waals surface area contributed by atoms with Gasteiger partial charge in [-0.2, -0.15) is 0 Å². The highest BCUT2D eigenvalue weighted by Crippen LogP contribution is 2.24. The maximum atomic E-state index is 10.8. The summed E-state index contributed by atoms with van der Waals surface area (Å²) in [7, 11) is 0. The molecule has 1 heterocycles. The van der Waals surface area contributed by atoms with Crippen molar-refractivity contribution in [3.8, 4) is 0 Å². The highest BCUT2D eigenvalue weighted by Gasteiger charge is 2.37. The summed E-state index contributed by atoms with van der Waals surface area (Å²) in [5.41, 5.74) is 0. The largest absolute Gasteiger partial charge is 0.480 e. The van der Waals surface area contributed by atoms with E-state index in [9.17, 15) is 4.79 Å². The Bertz CT molecular complexity index is 270. The van der Waals surface area contributed by atoms with Crippen molar-refractivity contribution in [3.05, 3.63) is 24.3 Å². The predicted molar refractivity (Wildman–Crippen MR) is 49.4 cm³/mol. The van der Waals surface area contributed by atoms with Crippen LogP contribution in [0.4, 0.5) is 0 Å². The number of carboxylic acids is 1. The van der Waals surface area contributed by atoms with Crippen LogP contribution >= 0.6 is 0 Å². The van der Waals surface area contributed by atoms with Gasteiger partial charge in [0.1, 0.15) is 6.04 Å². The molecule has 0 spiro atoms. The van der Waals surface area contributed by atoms with Crippen molar-refractivity contribution in [2.24, 2.45) is 0 Å². The van der Waals surface area contributed by atoms with Gasteiger partial charge < -0.3 is 5.11 Å². The SMILES string of the molecule is O=C(O)[C@H]1CCN1[C@H]1C=CC=CC1. The number of carboxylic acid groups (broad SMARTS) is 1. The Morgan fingerprint density at radius 3 is 2.77 bits per heavy atom. The monoisotopic (exact) mass is 179 g/mol. The number of allylic oxidation sites excluding steroid dienone is 2. The third-order valence-electron chi connectivity index (χ3n) is 2.73. The molecule has 0 aromatic rings. The average Bonchev–Trinajstić information content (AvgIpc) is 2.02. The smallest absolute Gasteiger partial charge is 0.320 e. The molecular formula is C10H13NO2. The summed E-state index contributed by atoms with van der Waals surface area (Å²) in [5.74, 6) is -0.686. The van der Waals surface area contributed by atoms with Gasteiger partial charge in [-0.25, -0.2) is 0 Å². The minimum Gasteiger partial charge on any atom is -0.480 e. The Labute approximate surface area is 77.3 Å². The van der Waals surface area contributed by atoms with Crippen molar-refractivity contribution < 1.29 is 9.90 Å². The van der Waals surface area contributed by atoms with Crippen LogP contribution in [0.1, 0.15) is 12.8 Å². The van der Waals surface area contributed by atoms with Crippen molar-refractivity contribution in [2.75, 3.05) is 6.54 Å². The Kier molecular flexibility index (Phi) is 2.19. The molecule has 0 aromatic carbocycles. The predicted octanol–water partition coefficient (Wildman–Crippen LogP) is 1.03. The summed E-state index contributed by atoms with van der Waals surface area (Å²) in [4.78, 5) is 12.8. The molecule has 3 nitrogen and oxygen atoms in total. The zero-order valence-electron chi connectivity index (χ0n) is 7.39. The number of rotatable bonds is 2. The normalized spacial score (nSPS) is 32.9. The van der Waals surface area contributed by atoms with E-state index in [-0.39, 0.29) is 6.04 Å². The fourth-order valence-corrected chi connectivity index (χ4v) is 1.88. The lowest BCUT2D eigenvalue weighted by atomic mass is 9.96. The van der Waals surface area contributed by atoms with Crippen LogP contribution in [0.3, 0.4) is 0 Å². The molecule has 1 saturated heterocycles. The van der Waals surface area contributed by atoms with E-state index in [0.29, 0.717) is 6.04 Å². The van der Waals surface area contributed by atoms with Gasteiger partial charge in [-0.05, 0) is 12.8 Å². The first kappa shape index (κ1) is 8.51. The van der Waals surface area contributed by atoms with Crippen LogP contribution in [0.5, 0.6) is 0 Å². The summed E-state index contributed by atoms with van der Waals surface area (Å²) in [6.07, 6.45) is 9.90. The Balaban J connectivity index is 1.98. The maximum absolute atomic E-state index is 10.8. The van der Waals surface area contributed by atoms with Gasteiger partial charge in [0.15, 0.2) is 0 Å². The minimum atomic E-state index is -0.686. The molecule has 1 aliphatic heterocycles. The number of hydrogen-bond acceptors (Lipinski definition) is 2. The number of likely N-dealkylation sites (tertiary alicyclic amines) is 1. The number of hydrogen-bond donors (Lipinski definition) is 1. The molecule has 2 atom stereocenters. The molecule has 0 radical (unpaired) electrons. The van der Waals surface area contributed by atoms with E-state index in [1.807, 2.05) is 17.1 Å². The van der Waals surface area contributed by atoms with E-state index < -0.39 is 5.97 Å². The van der Waals surface area contributed by atoms with Gasteiger partial charge in [-0.1, -0.05) is 24.3 Å². The fourth-order valence-electron chi connectivity index (χ4n) is 1.88. The van der Waals surface area contributed by atoms with Gasteiger partial charge in [0, 0.05) is 12.6 Å². The van der Waals surface area contributed by atoms with E-state index in [1.165, 1.54) is 0 Å². The second kappa shape index (κ2) is 3.34. The van der Waals surface area contributed by atoms with Crippen molar-refractivity contribution in [2.45, 2.75) is 24.9 Å². The number of carbonyl (C=O) groups is 1. The summed E-state index contributed by atoms with van der Waals surface area (Å²) >= 11 is 0. The van der Waals surface area contributed by atoms with E-state index in [2.05, 4.69) is 12.2 Å². The molecule has 1 fully saturated rings. The topological polar surface area (TPSA) is 40.5 Å². The average molecular weight is 179 g/mol. The lowest BCUT2D eigenvalue weighted by Crippen LogP contribution is -2.56. The first-order chi connectivity index (χ1) is 6.29. The van der Waals surface area contributed by atoms with Gasteiger partial charge in [0.2, 0.25) is 0 Å². The molecule has 0 saturated carbocycles. The molecule has 2 aliphatic rings. The van der Waals surface area contributed by atoms with Crippen molar-refractivity contribution >= 4 is 5.97 Å². The molecule has 0 unspecified atom stereocenters. The zero-order chi connectivity index (χ0) is 9.26. The van der Waals surface area contributed by atoms with Crippen molar-refractivity contribution in [3.63, 3.8) is 0 Å². The van der Waals surface area contributed by atoms with E-state index in [1.54, 1.807) is 0 Å². The van der Waals surface area contributed by atoms with E-state index in [0.717, 1.165) is 19.4 Å². The summed E-state index contributed by atoms with van der Waals surface area (Å²) in [6.45, 7) is 0.916. The number of aliphatic carboxylic acids is 1. The minimum absolute atomic E-state index is 0.249. The van der Waals surface area contributed by atoms with Crippen LogP contribution in [0.2, 0.25) is 0 Å². The Hall–Kier alpha value is -1.09. The fraction of sp³-hybridized carbons (Fsp3) is 0.500. The molecular weight excluding hydrogens is 166 g/mol. The van der Waals surface area contributed by atoms with Gasteiger partial charge >= 0.3 is 5.97 Å². The summed E-state index contributed by atoms with van der Waals surface area (Å²) < 4.78 is 0. The molecule has 3 heteroatoms. The molecule has 1 N–H and O–H groups in total. The summed E-state index contributed by atoms with van der Waals surface area (Å²) in [5, 5.41) is 8.85. The number of nitrogens with zero attached hydrogens (tertiary/aromatic N) is 1. The highest BCUT2D eigenvalue weighted by atomic mass is 16.4. The van der Waals surface area contributed by atoms with Gasteiger partial charge in [0.25, 0.3) is 0 Å². The first-order valence-corrected chi connectivity index (χ1v) is 4.61. The third-order valence-corrected chi connectivity index (χ3v) is 2.73. The summed E-state index contributed by atoms with van der Waals surface area (Å²) in [6, 6.07) is 0.0565. The lowest BCUT2D eigenvalue weighted by molar-refractivity contribution is -0.149. The van der Waals surface area contributed by atoms with E-state index in [4.69, 9.17) is 5.11 Å². The van der Waals surface area contributed by atoms with Crippen LogP contribution < -0.4 is 0 Å². The molecule has 70 valence electrons. The quantitative estimate of drug-likeness (QED) is 0.688. The third kappa shape index (κ3) is 1.52. The van der Waals surface area contributed by atoms with E-state index >= 15 is 0 Å². The molecule has 0 bridgehead atoms. The van der Waals surface area contributed by atoms with Gasteiger partial charge in [-0.3, -0.25) is 9.69 Å². The van der Waals surface area contributed by atoms with Crippen molar-refractivity contribution in [1.29, 1.82) is 0 Å². The molecule has 1 aliphatic carbocycles.